The Labute approximate surface area is 66.0 Å². The van der Waals surface area contributed by atoms with Gasteiger partial charge < -0.3 is 0 Å². The van der Waals surface area contributed by atoms with Crippen LogP contribution in [0.25, 0.3) is 0 Å². The third kappa shape index (κ3) is 0.932. The summed E-state index contributed by atoms with van der Waals surface area (Å²) < 4.78 is 0. The highest BCUT2D eigenvalue weighted by molar-refractivity contribution is 5.31. The molecule has 0 spiro atoms. The normalized spacial score (nSPS) is 14.5. The van der Waals surface area contributed by atoms with Crippen molar-refractivity contribution in [3.8, 4) is 12.3 Å². The fourth-order valence-corrected chi connectivity index (χ4v) is 1.63. The zero-order valence-electron chi connectivity index (χ0n) is 6.35. The number of H-pyrrole nitrogens is 1. The molecule has 0 radical (unpaired) electrons. The van der Waals surface area contributed by atoms with Gasteiger partial charge in [0.05, 0.1) is 12.1 Å². The lowest BCUT2D eigenvalue weighted by atomic mass is 10.1. The molecule has 1 heterocycles. The molecule has 1 aromatic rings. The molecule has 0 atom stereocenters. The maximum absolute atomic E-state index is 5.21. The lowest BCUT2D eigenvalue weighted by Crippen LogP contribution is -1.87. The van der Waals surface area contributed by atoms with Gasteiger partial charge in [-0.3, -0.25) is 5.10 Å². The highest BCUT2D eigenvalue weighted by Crippen LogP contribution is 2.22. The van der Waals surface area contributed by atoms with Crippen molar-refractivity contribution in [1.29, 1.82) is 0 Å². The summed E-state index contributed by atoms with van der Waals surface area (Å²) in [5.74, 6) is 2.62. The van der Waals surface area contributed by atoms with Crippen LogP contribution in [0.15, 0.2) is 0 Å². The van der Waals surface area contributed by atoms with E-state index in [1.165, 1.54) is 17.7 Å². The summed E-state index contributed by atoms with van der Waals surface area (Å²) in [5, 5.41) is 7.19. The molecule has 11 heavy (non-hydrogen) atoms. The number of fused-ring (bicyclic) bond motifs is 1. The fraction of sp³-hybridized carbons (Fsp3) is 0.444. The molecule has 1 N–H and O–H groups in total. The number of nitrogens with one attached hydrogen (secondary N) is 1. The number of hydrogen-bond donors (Lipinski definition) is 1. The number of aromatic amines is 1. The van der Waals surface area contributed by atoms with E-state index in [9.17, 15) is 0 Å². The van der Waals surface area contributed by atoms with Crippen LogP contribution >= 0.6 is 0 Å². The van der Waals surface area contributed by atoms with E-state index < -0.39 is 0 Å². The van der Waals surface area contributed by atoms with Crippen molar-refractivity contribution >= 4 is 0 Å². The van der Waals surface area contributed by atoms with Crippen LogP contribution in [-0.4, -0.2) is 10.2 Å². The van der Waals surface area contributed by atoms with Crippen molar-refractivity contribution in [2.24, 2.45) is 0 Å². The van der Waals surface area contributed by atoms with Crippen LogP contribution in [0.4, 0.5) is 0 Å². The Balaban J connectivity index is 2.36. The van der Waals surface area contributed by atoms with Gasteiger partial charge in [-0.15, -0.1) is 12.3 Å². The Morgan fingerprint density at radius 1 is 1.55 bits per heavy atom. The summed E-state index contributed by atoms with van der Waals surface area (Å²) in [6, 6.07) is 0. The van der Waals surface area contributed by atoms with Crippen molar-refractivity contribution in [2.45, 2.75) is 25.7 Å². The van der Waals surface area contributed by atoms with Gasteiger partial charge in [-0.1, -0.05) is 0 Å². The minimum absolute atomic E-state index is 0.672. The van der Waals surface area contributed by atoms with Crippen molar-refractivity contribution in [2.75, 3.05) is 0 Å². The van der Waals surface area contributed by atoms with E-state index in [0.29, 0.717) is 6.42 Å². The highest BCUT2D eigenvalue weighted by atomic mass is 15.1. The minimum atomic E-state index is 0.672. The number of aromatic nitrogens is 2. The number of aryl methyl sites for hydroxylation is 1. The molecular weight excluding hydrogens is 136 g/mol. The van der Waals surface area contributed by atoms with Gasteiger partial charge in [-0.25, -0.2) is 0 Å². The van der Waals surface area contributed by atoms with E-state index in [1.807, 2.05) is 0 Å². The summed E-state index contributed by atoms with van der Waals surface area (Å²) >= 11 is 0. The summed E-state index contributed by atoms with van der Waals surface area (Å²) in [7, 11) is 0. The first-order valence-electron chi connectivity index (χ1n) is 3.90. The predicted molar refractivity (Wildman–Crippen MR) is 43.1 cm³/mol. The smallest absolute Gasteiger partial charge is 0.0775 e. The van der Waals surface area contributed by atoms with Crippen LogP contribution < -0.4 is 0 Å². The lowest BCUT2D eigenvalue weighted by Gasteiger charge is -1.90. The van der Waals surface area contributed by atoms with E-state index in [1.54, 1.807) is 0 Å². The third-order valence-electron chi connectivity index (χ3n) is 2.16. The molecule has 0 saturated carbocycles. The molecule has 0 amide bonds. The summed E-state index contributed by atoms with van der Waals surface area (Å²) in [6.45, 7) is 0. The largest absolute Gasteiger partial charge is 0.282 e. The van der Waals surface area contributed by atoms with E-state index in [2.05, 4.69) is 16.1 Å². The molecule has 0 fully saturated rings. The molecule has 2 nitrogen and oxygen atoms in total. The van der Waals surface area contributed by atoms with Crippen LogP contribution in [0.5, 0.6) is 0 Å². The van der Waals surface area contributed by atoms with Crippen LogP contribution in [0.1, 0.15) is 23.4 Å². The van der Waals surface area contributed by atoms with Crippen molar-refractivity contribution in [3.63, 3.8) is 0 Å². The topological polar surface area (TPSA) is 28.7 Å². The van der Waals surface area contributed by atoms with E-state index in [-0.39, 0.29) is 0 Å². The number of terminal acetylenes is 1. The Bertz CT molecular complexity index is 304. The second-order valence-electron chi connectivity index (χ2n) is 2.86. The van der Waals surface area contributed by atoms with Gasteiger partial charge in [0.25, 0.3) is 0 Å². The molecule has 0 aliphatic heterocycles. The summed E-state index contributed by atoms with van der Waals surface area (Å²) in [6.07, 6.45) is 9.43. The van der Waals surface area contributed by atoms with Crippen LogP contribution in [0, 0.1) is 12.3 Å². The number of hydrogen-bond acceptors (Lipinski definition) is 1. The fourth-order valence-electron chi connectivity index (χ4n) is 1.63. The number of nitrogens with zero attached hydrogens (tertiary/aromatic N) is 1. The van der Waals surface area contributed by atoms with Gasteiger partial charge in [-0.2, -0.15) is 5.10 Å². The maximum Gasteiger partial charge on any atom is 0.0775 e. The molecule has 1 aliphatic carbocycles. The van der Waals surface area contributed by atoms with Crippen LogP contribution in [0.3, 0.4) is 0 Å². The van der Waals surface area contributed by atoms with Gasteiger partial charge in [0.2, 0.25) is 0 Å². The first-order chi connectivity index (χ1) is 5.42. The average Bonchev–Trinajstić information content (AvgIpc) is 2.53. The minimum Gasteiger partial charge on any atom is -0.282 e. The third-order valence-corrected chi connectivity index (χ3v) is 2.16. The quantitative estimate of drug-likeness (QED) is 0.590. The molecule has 0 saturated heterocycles. The standard InChI is InChI=1S/C9H10N2/c1-2-4-8-7-5-3-6-9(7)11-10-8/h1H,3-6H2,(H,10,11). The molecule has 0 unspecified atom stereocenters. The zero-order valence-corrected chi connectivity index (χ0v) is 6.35. The van der Waals surface area contributed by atoms with E-state index in [4.69, 9.17) is 6.42 Å². The molecule has 0 aromatic carbocycles. The van der Waals surface area contributed by atoms with Gasteiger partial charge in [0.15, 0.2) is 0 Å². The van der Waals surface area contributed by atoms with Gasteiger partial charge in [0, 0.05) is 5.69 Å². The Morgan fingerprint density at radius 2 is 2.45 bits per heavy atom. The molecule has 1 aromatic heterocycles. The molecule has 0 bridgehead atoms. The first kappa shape index (κ1) is 6.48. The first-order valence-corrected chi connectivity index (χ1v) is 3.90. The van der Waals surface area contributed by atoms with Gasteiger partial charge in [0.1, 0.15) is 0 Å². The molecule has 2 heteroatoms. The van der Waals surface area contributed by atoms with E-state index in [0.717, 1.165) is 18.5 Å². The van der Waals surface area contributed by atoms with Gasteiger partial charge >= 0.3 is 0 Å². The van der Waals surface area contributed by atoms with Gasteiger partial charge in [-0.05, 0) is 24.8 Å². The number of rotatable bonds is 1. The lowest BCUT2D eigenvalue weighted by molar-refractivity contribution is 0.848. The van der Waals surface area contributed by atoms with E-state index >= 15 is 0 Å². The van der Waals surface area contributed by atoms with Crippen molar-refractivity contribution < 1.29 is 0 Å². The second kappa shape index (κ2) is 2.43. The second-order valence-corrected chi connectivity index (χ2v) is 2.86. The molecule has 1 aliphatic rings. The maximum atomic E-state index is 5.21. The predicted octanol–water partition coefficient (Wildman–Crippen LogP) is 1.07. The SMILES string of the molecule is C#CCc1n[nH]c2c1CCC2. The average molecular weight is 146 g/mol. The summed E-state index contributed by atoms with van der Waals surface area (Å²) in [5.41, 5.74) is 3.76. The van der Waals surface area contributed by atoms with Crippen LogP contribution in [-0.2, 0) is 19.3 Å². The van der Waals surface area contributed by atoms with Crippen LogP contribution in [0.2, 0.25) is 0 Å². The highest BCUT2D eigenvalue weighted by Gasteiger charge is 2.16. The molecule has 2 rings (SSSR count). The Kier molecular flexibility index (Phi) is 1.43. The monoisotopic (exact) mass is 146 g/mol. The Morgan fingerprint density at radius 3 is 3.27 bits per heavy atom. The molecular formula is C9H10N2. The zero-order chi connectivity index (χ0) is 7.68. The van der Waals surface area contributed by atoms with Crippen molar-refractivity contribution in [1.82, 2.24) is 10.2 Å². The molecule has 56 valence electrons. The summed E-state index contributed by atoms with van der Waals surface area (Å²) in [4.78, 5) is 0. The van der Waals surface area contributed by atoms with Crippen molar-refractivity contribution in [3.05, 3.63) is 17.0 Å². The Hall–Kier alpha value is -1.23.